The van der Waals surface area contributed by atoms with Gasteiger partial charge in [0.05, 0.1) is 11.4 Å². The van der Waals surface area contributed by atoms with Crippen LogP contribution in [-0.4, -0.2) is 23.3 Å². The highest BCUT2D eigenvalue weighted by molar-refractivity contribution is 5.11. The van der Waals surface area contributed by atoms with E-state index in [1.54, 1.807) is 0 Å². The Kier molecular flexibility index (Phi) is 2.04. The third kappa shape index (κ3) is 1.46. The van der Waals surface area contributed by atoms with Crippen LogP contribution in [0.2, 0.25) is 0 Å². The molecule has 1 aliphatic rings. The van der Waals surface area contributed by atoms with Gasteiger partial charge in [-0.1, -0.05) is 0 Å². The molecule has 1 atom stereocenters. The number of hydrogen-bond acceptors (Lipinski definition) is 3. The predicted molar refractivity (Wildman–Crippen MR) is 47.0 cm³/mol. The molecule has 0 saturated carbocycles. The summed E-state index contributed by atoms with van der Waals surface area (Å²) >= 11 is 0. The molecule has 1 aromatic heterocycles. The molecule has 0 bridgehead atoms. The molecule has 2 heterocycles. The van der Waals surface area contributed by atoms with Gasteiger partial charge in [0.15, 0.2) is 0 Å². The average molecular weight is 163 g/mol. The third-order valence-corrected chi connectivity index (χ3v) is 2.30. The first kappa shape index (κ1) is 7.68. The van der Waals surface area contributed by atoms with Gasteiger partial charge in [0.2, 0.25) is 0 Å². The molecule has 1 N–H and O–H groups in total. The lowest BCUT2D eigenvalue weighted by Crippen LogP contribution is -2.09. The van der Waals surface area contributed by atoms with Crippen LogP contribution in [0.1, 0.15) is 23.7 Å². The Morgan fingerprint density at radius 1 is 1.42 bits per heavy atom. The van der Waals surface area contributed by atoms with E-state index in [0.29, 0.717) is 5.92 Å². The van der Waals surface area contributed by atoms with Crippen molar-refractivity contribution in [3.05, 3.63) is 23.5 Å². The van der Waals surface area contributed by atoms with Gasteiger partial charge in [0, 0.05) is 12.5 Å². The van der Waals surface area contributed by atoms with Crippen molar-refractivity contribution in [3.8, 4) is 0 Å². The fraction of sp³-hybridized carbons (Fsp3) is 0.556. The molecule has 64 valence electrons. The molecule has 0 radical (unpaired) electrons. The number of aromatic nitrogens is 2. The summed E-state index contributed by atoms with van der Waals surface area (Å²) in [6.45, 7) is 4.13. The summed E-state index contributed by atoms with van der Waals surface area (Å²) in [5.74, 6) is 0.582. The highest BCUT2D eigenvalue weighted by Gasteiger charge is 2.17. The van der Waals surface area contributed by atoms with E-state index in [2.05, 4.69) is 21.6 Å². The van der Waals surface area contributed by atoms with E-state index in [0.717, 1.165) is 24.5 Å². The maximum absolute atomic E-state index is 4.17. The summed E-state index contributed by atoms with van der Waals surface area (Å²) in [4.78, 5) is 0. The number of rotatable bonds is 1. The van der Waals surface area contributed by atoms with Gasteiger partial charge in [0.1, 0.15) is 0 Å². The van der Waals surface area contributed by atoms with Crippen molar-refractivity contribution in [2.75, 3.05) is 13.1 Å². The monoisotopic (exact) mass is 163 g/mol. The standard InChI is InChI=1S/C9H13N3/c1-7-2-3-9(12-11-7)8-4-5-10-6-8/h2-3,8,10H,4-6H2,1H3. The second-order valence-electron chi connectivity index (χ2n) is 3.29. The van der Waals surface area contributed by atoms with Gasteiger partial charge >= 0.3 is 0 Å². The van der Waals surface area contributed by atoms with E-state index in [4.69, 9.17) is 0 Å². The Morgan fingerprint density at radius 3 is 2.92 bits per heavy atom. The maximum Gasteiger partial charge on any atom is 0.0675 e. The summed E-state index contributed by atoms with van der Waals surface area (Å²) < 4.78 is 0. The largest absolute Gasteiger partial charge is 0.316 e. The van der Waals surface area contributed by atoms with Crippen molar-refractivity contribution in [1.82, 2.24) is 15.5 Å². The van der Waals surface area contributed by atoms with Crippen LogP contribution in [0.5, 0.6) is 0 Å². The van der Waals surface area contributed by atoms with Gasteiger partial charge < -0.3 is 5.32 Å². The highest BCUT2D eigenvalue weighted by Crippen LogP contribution is 2.19. The second kappa shape index (κ2) is 3.19. The lowest BCUT2D eigenvalue weighted by atomic mass is 10.1. The predicted octanol–water partition coefficient (Wildman–Crippen LogP) is 0.862. The van der Waals surface area contributed by atoms with Crippen LogP contribution in [0, 0.1) is 6.92 Å². The van der Waals surface area contributed by atoms with Crippen molar-refractivity contribution in [2.24, 2.45) is 0 Å². The Labute approximate surface area is 72.2 Å². The van der Waals surface area contributed by atoms with Gasteiger partial charge in [-0.25, -0.2) is 0 Å². The average Bonchev–Trinajstić information content (AvgIpc) is 2.58. The molecule has 1 aromatic rings. The molecule has 0 aliphatic carbocycles. The zero-order valence-electron chi connectivity index (χ0n) is 7.25. The van der Waals surface area contributed by atoms with Crippen LogP contribution < -0.4 is 5.32 Å². The number of nitrogens with zero attached hydrogens (tertiary/aromatic N) is 2. The van der Waals surface area contributed by atoms with Crippen molar-refractivity contribution in [1.29, 1.82) is 0 Å². The molecule has 0 amide bonds. The summed E-state index contributed by atoms with van der Waals surface area (Å²) in [6.07, 6.45) is 1.19. The lowest BCUT2D eigenvalue weighted by molar-refractivity contribution is 0.710. The zero-order valence-corrected chi connectivity index (χ0v) is 7.25. The van der Waals surface area contributed by atoms with E-state index in [9.17, 15) is 0 Å². The number of hydrogen-bond donors (Lipinski definition) is 1. The maximum atomic E-state index is 4.17. The Hall–Kier alpha value is -0.960. The van der Waals surface area contributed by atoms with Crippen LogP contribution in [0.4, 0.5) is 0 Å². The first-order valence-corrected chi connectivity index (χ1v) is 4.37. The first-order valence-electron chi connectivity index (χ1n) is 4.37. The van der Waals surface area contributed by atoms with Crippen molar-refractivity contribution < 1.29 is 0 Å². The zero-order chi connectivity index (χ0) is 8.39. The first-order chi connectivity index (χ1) is 5.86. The van der Waals surface area contributed by atoms with Gasteiger partial charge in [-0.05, 0) is 32.0 Å². The van der Waals surface area contributed by atoms with E-state index < -0.39 is 0 Å². The molecular formula is C9H13N3. The molecule has 3 nitrogen and oxygen atoms in total. The summed E-state index contributed by atoms with van der Waals surface area (Å²) in [7, 11) is 0. The fourth-order valence-corrected chi connectivity index (χ4v) is 1.53. The fourth-order valence-electron chi connectivity index (χ4n) is 1.53. The molecule has 0 spiro atoms. The SMILES string of the molecule is Cc1ccc(C2CCNC2)nn1. The minimum Gasteiger partial charge on any atom is -0.316 e. The Balaban J connectivity index is 2.17. The van der Waals surface area contributed by atoms with Crippen LogP contribution >= 0.6 is 0 Å². The van der Waals surface area contributed by atoms with Crippen LogP contribution in [0.25, 0.3) is 0 Å². The smallest absolute Gasteiger partial charge is 0.0675 e. The van der Waals surface area contributed by atoms with Crippen molar-refractivity contribution in [2.45, 2.75) is 19.3 Å². The highest BCUT2D eigenvalue weighted by atomic mass is 15.1. The summed E-state index contributed by atoms with van der Waals surface area (Å²) in [5.41, 5.74) is 2.12. The van der Waals surface area contributed by atoms with Crippen LogP contribution in [0.3, 0.4) is 0 Å². The van der Waals surface area contributed by atoms with Crippen molar-refractivity contribution >= 4 is 0 Å². The molecular weight excluding hydrogens is 150 g/mol. The van der Waals surface area contributed by atoms with Crippen LogP contribution in [0.15, 0.2) is 12.1 Å². The molecule has 12 heavy (non-hydrogen) atoms. The van der Waals surface area contributed by atoms with E-state index in [-0.39, 0.29) is 0 Å². The molecule has 0 aromatic carbocycles. The molecule has 1 saturated heterocycles. The van der Waals surface area contributed by atoms with E-state index >= 15 is 0 Å². The molecule has 1 fully saturated rings. The van der Waals surface area contributed by atoms with E-state index in [1.165, 1.54) is 6.42 Å². The van der Waals surface area contributed by atoms with E-state index in [1.807, 2.05) is 13.0 Å². The third-order valence-electron chi connectivity index (χ3n) is 2.30. The second-order valence-corrected chi connectivity index (χ2v) is 3.29. The lowest BCUT2D eigenvalue weighted by Gasteiger charge is -2.05. The summed E-state index contributed by atoms with van der Waals surface area (Å²) in [5, 5.41) is 11.5. The molecule has 1 aliphatic heterocycles. The van der Waals surface area contributed by atoms with Gasteiger partial charge in [-0.3, -0.25) is 0 Å². The molecule has 3 heteroatoms. The topological polar surface area (TPSA) is 37.8 Å². The van der Waals surface area contributed by atoms with Gasteiger partial charge in [0.25, 0.3) is 0 Å². The molecule has 1 unspecified atom stereocenters. The van der Waals surface area contributed by atoms with Crippen LogP contribution in [-0.2, 0) is 0 Å². The van der Waals surface area contributed by atoms with Gasteiger partial charge in [-0.15, -0.1) is 0 Å². The van der Waals surface area contributed by atoms with Gasteiger partial charge in [-0.2, -0.15) is 10.2 Å². The Bertz CT molecular complexity index is 249. The quantitative estimate of drug-likeness (QED) is 0.667. The normalized spacial score (nSPS) is 22.9. The minimum absolute atomic E-state index is 0.582. The van der Waals surface area contributed by atoms with Crippen molar-refractivity contribution in [3.63, 3.8) is 0 Å². The Morgan fingerprint density at radius 2 is 2.33 bits per heavy atom. The number of aryl methyl sites for hydroxylation is 1. The minimum atomic E-state index is 0.582. The number of nitrogens with one attached hydrogen (secondary N) is 1. The molecule has 2 rings (SSSR count). The summed E-state index contributed by atoms with van der Waals surface area (Å²) in [6, 6.07) is 4.11.